The third-order valence-corrected chi connectivity index (χ3v) is 10.6. The minimum Gasteiger partial charge on any atom is -0.477 e. The van der Waals surface area contributed by atoms with Crippen LogP contribution in [-0.2, 0) is 6.54 Å². The van der Waals surface area contributed by atoms with Gasteiger partial charge in [0.05, 0.1) is 25.9 Å². The van der Waals surface area contributed by atoms with Gasteiger partial charge in [0.1, 0.15) is 5.56 Å². The molecule has 5 fully saturated rings. The zero-order valence-electron chi connectivity index (χ0n) is 23.6. The molecule has 1 aliphatic heterocycles. The molecular weight excluding hydrogens is 512 g/mol. The number of hydrogen-bond donors (Lipinski definition) is 3. The Labute approximate surface area is 237 Å². The first-order chi connectivity index (χ1) is 19.0. The zero-order valence-corrected chi connectivity index (χ0v) is 24.4. The Morgan fingerprint density at radius 1 is 1.10 bits per heavy atom. The summed E-state index contributed by atoms with van der Waals surface area (Å²) in [6, 6.07) is 0.309. The Balaban J connectivity index is 1.10. The van der Waals surface area contributed by atoms with Crippen molar-refractivity contribution in [2.75, 3.05) is 39.5 Å². The van der Waals surface area contributed by atoms with Crippen molar-refractivity contribution in [3.05, 3.63) is 11.8 Å². The molecule has 1 aromatic heterocycles. The topological polar surface area (TPSA) is 99.0 Å². The van der Waals surface area contributed by atoms with Crippen molar-refractivity contribution in [2.45, 2.75) is 76.8 Å². The smallest absolute Gasteiger partial charge is 0.258 e. The van der Waals surface area contributed by atoms with Crippen LogP contribution < -0.4 is 21.1 Å². The van der Waals surface area contributed by atoms with Gasteiger partial charge in [-0.1, -0.05) is 31.0 Å². The molecule has 10 nitrogen and oxygen atoms in total. The first-order valence-corrected chi connectivity index (χ1v) is 16.1. The molecule has 39 heavy (non-hydrogen) atoms. The van der Waals surface area contributed by atoms with Crippen LogP contribution in [0.2, 0.25) is 0 Å². The molecule has 1 amide bonds. The number of hydrazone groups is 1. The van der Waals surface area contributed by atoms with E-state index in [1.807, 2.05) is 9.69 Å². The van der Waals surface area contributed by atoms with Gasteiger partial charge < -0.3 is 15.0 Å². The van der Waals surface area contributed by atoms with Crippen LogP contribution in [0.15, 0.2) is 11.3 Å². The summed E-state index contributed by atoms with van der Waals surface area (Å²) in [7, 11) is 4.13. The number of carbonyl (C=O) groups excluding carboxylic acids is 1. The summed E-state index contributed by atoms with van der Waals surface area (Å²) in [6.07, 6.45) is 14.6. The number of thioether (sulfide) groups is 1. The lowest BCUT2D eigenvalue weighted by molar-refractivity contribution is -0.0120. The van der Waals surface area contributed by atoms with E-state index in [0.29, 0.717) is 48.4 Å². The van der Waals surface area contributed by atoms with E-state index in [1.165, 1.54) is 64.2 Å². The van der Waals surface area contributed by atoms with Crippen LogP contribution in [0, 0.1) is 29.6 Å². The monoisotopic (exact) mass is 558 g/mol. The lowest BCUT2D eigenvalue weighted by Crippen LogP contribution is -2.55. The van der Waals surface area contributed by atoms with Gasteiger partial charge in [0.25, 0.3) is 5.91 Å². The van der Waals surface area contributed by atoms with Gasteiger partial charge in [0, 0.05) is 18.3 Å². The van der Waals surface area contributed by atoms with Crippen LogP contribution >= 0.6 is 11.8 Å². The van der Waals surface area contributed by atoms with E-state index >= 15 is 0 Å². The Hall–Kier alpha value is -1.98. The zero-order chi connectivity index (χ0) is 26.8. The number of nitrogens with one attached hydrogen (secondary N) is 3. The second kappa shape index (κ2) is 12.3. The van der Waals surface area contributed by atoms with Crippen LogP contribution in [0.5, 0.6) is 5.88 Å². The van der Waals surface area contributed by atoms with Gasteiger partial charge in [-0.15, -0.1) is 10.6 Å². The maximum Gasteiger partial charge on any atom is 0.258 e. The number of likely N-dealkylation sites (N-methyl/N-ethyl adjacent to an activating group) is 1. The highest BCUT2D eigenvalue weighted by Crippen LogP contribution is 2.53. The van der Waals surface area contributed by atoms with E-state index in [9.17, 15) is 4.79 Å². The second-order valence-electron chi connectivity index (χ2n) is 12.8. The van der Waals surface area contributed by atoms with E-state index in [1.54, 1.807) is 18.0 Å². The molecular formula is C28H46N8O2S. The van der Waals surface area contributed by atoms with E-state index in [0.717, 1.165) is 35.8 Å². The third kappa shape index (κ3) is 6.35. The molecule has 1 aromatic rings. The summed E-state index contributed by atoms with van der Waals surface area (Å²) in [4.78, 5) is 15.8. The average Bonchev–Trinajstić information content (AvgIpc) is 3.55. The molecule has 4 bridgehead atoms. The number of amidine groups is 1. The summed E-state index contributed by atoms with van der Waals surface area (Å²) in [5.41, 5.74) is 6.55. The third-order valence-electron chi connectivity index (χ3n) is 9.61. The Morgan fingerprint density at radius 3 is 2.56 bits per heavy atom. The minimum atomic E-state index is -0.00607. The van der Waals surface area contributed by atoms with Gasteiger partial charge in [-0.25, -0.2) is 10.2 Å². The van der Waals surface area contributed by atoms with Crippen molar-refractivity contribution >= 4 is 22.8 Å². The van der Waals surface area contributed by atoms with Gasteiger partial charge in [-0.3, -0.25) is 9.80 Å². The molecule has 6 aliphatic rings. The Bertz CT molecular complexity index is 995. The SMILES string of the molecule is CN(C)CCN1NNN=C1SCCn1ncc(C(=O)NC2C3CC4CC(C3)CC2C4)c1OCC1CCCCC1. The van der Waals surface area contributed by atoms with Gasteiger partial charge in [0.2, 0.25) is 5.88 Å². The fraction of sp³-hybridized carbons (Fsp3) is 0.821. The standard InChI is InChI=1S/C28H46N8O2S/c1-34(2)8-9-36-28(31-32-33-36)39-11-10-35-27(38-18-19-6-4-3-5-7-19)24(17-29-35)26(37)30-25-22-13-20-12-21(15-22)16-23(25)14-20/h17,19-23,25,32-33H,3-16,18H2,1-2H3,(H,30,37). The molecule has 0 saturated heterocycles. The van der Waals surface area contributed by atoms with Gasteiger partial charge in [0.15, 0.2) is 5.17 Å². The number of aromatic nitrogens is 2. The highest BCUT2D eigenvalue weighted by Gasteiger charge is 2.48. The molecule has 5 aliphatic carbocycles. The van der Waals surface area contributed by atoms with Crippen molar-refractivity contribution in [1.29, 1.82) is 0 Å². The molecule has 5 saturated carbocycles. The molecule has 0 atom stereocenters. The normalized spacial score (nSPS) is 30.1. The van der Waals surface area contributed by atoms with Crippen LogP contribution in [0.25, 0.3) is 0 Å². The highest BCUT2D eigenvalue weighted by molar-refractivity contribution is 8.13. The second-order valence-corrected chi connectivity index (χ2v) is 13.8. The highest BCUT2D eigenvalue weighted by atomic mass is 32.2. The number of amides is 1. The largest absolute Gasteiger partial charge is 0.477 e. The summed E-state index contributed by atoms with van der Waals surface area (Å²) in [6.45, 7) is 3.07. The Morgan fingerprint density at radius 2 is 1.85 bits per heavy atom. The molecule has 2 heterocycles. The number of ether oxygens (including phenoxy) is 1. The number of nitrogens with zero attached hydrogens (tertiary/aromatic N) is 5. The first kappa shape index (κ1) is 27.2. The molecule has 216 valence electrons. The average molecular weight is 559 g/mol. The predicted octanol–water partition coefficient (Wildman–Crippen LogP) is 3.29. The maximum atomic E-state index is 13.7. The first-order valence-electron chi connectivity index (χ1n) is 15.2. The summed E-state index contributed by atoms with van der Waals surface area (Å²) < 4.78 is 8.34. The van der Waals surface area contributed by atoms with Crippen molar-refractivity contribution < 1.29 is 9.53 Å². The quantitative estimate of drug-likeness (QED) is 0.381. The lowest BCUT2D eigenvalue weighted by atomic mass is 9.54. The number of hydrogen-bond acceptors (Lipinski definition) is 9. The molecule has 0 aromatic carbocycles. The van der Waals surface area contributed by atoms with Crippen molar-refractivity contribution in [3.8, 4) is 5.88 Å². The van der Waals surface area contributed by atoms with Crippen LogP contribution in [-0.4, -0.2) is 76.4 Å². The predicted molar refractivity (Wildman–Crippen MR) is 154 cm³/mol. The van der Waals surface area contributed by atoms with Crippen LogP contribution in [0.4, 0.5) is 0 Å². The van der Waals surface area contributed by atoms with E-state index in [4.69, 9.17) is 4.74 Å². The molecule has 0 spiro atoms. The van der Waals surface area contributed by atoms with Gasteiger partial charge in [-0.05, 0) is 88.6 Å². The van der Waals surface area contributed by atoms with Crippen molar-refractivity contribution in [1.82, 2.24) is 36.1 Å². The lowest BCUT2D eigenvalue weighted by Gasteiger charge is -2.54. The van der Waals surface area contributed by atoms with E-state index < -0.39 is 0 Å². The number of carbonyl (C=O) groups is 1. The molecule has 0 unspecified atom stereocenters. The summed E-state index contributed by atoms with van der Waals surface area (Å²) >= 11 is 1.67. The van der Waals surface area contributed by atoms with Crippen LogP contribution in [0.1, 0.15) is 74.6 Å². The minimum absolute atomic E-state index is 0.00607. The summed E-state index contributed by atoms with van der Waals surface area (Å²) in [5, 5.41) is 15.4. The van der Waals surface area contributed by atoms with E-state index in [2.05, 4.69) is 45.6 Å². The molecule has 3 N–H and O–H groups in total. The molecule has 7 rings (SSSR count). The number of hydrazine groups is 2. The van der Waals surface area contributed by atoms with Crippen molar-refractivity contribution in [2.24, 2.45) is 34.7 Å². The van der Waals surface area contributed by atoms with E-state index in [-0.39, 0.29) is 5.91 Å². The van der Waals surface area contributed by atoms with Gasteiger partial charge in [-0.2, -0.15) is 5.10 Å². The molecule has 0 radical (unpaired) electrons. The van der Waals surface area contributed by atoms with Crippen LogP contribution in [0.3, 0.4) is 0 Å². The number of aryl methyl sites for hydroxylation is 1. The summed E-state index contributed by atoms with van der Waals surface area (Å²) in [5.74, 6) is 5.05. The fourth-order valence-corrected chi connectivity index (χ4v) is 8.66. The molecule has 11 heteroatoms. The number of rotatable bonds is 11. The maximum absolute atomic E-state index is 13.7. The van der Waals surface area contributed by atoms with Gasteiger partial charge >= 0.3 is 0 Å². The van der Waals surface area contributed by atoms with Crippen molar-refractivity contribution in [3.63, 3.8) is 0 Å². The Kier molecular flexibility index (Phi) is 8.55. The fourth-order valence-electron chi connectivity index (χ4n) is 7.81.